The van der Waals surface area contributed by atoms with E-state index in [4.69, 9.17) is 0 Å². The summed E-state index contributed by atoms with van der Waals surface area (Å²) >= 11 is 0. The first kappa shape index (κ1) is 17.6. The first-order chi connectivity index (χ1) is 9.89. The van der Waals surface area contributed by atoms with Gasteiger partial charge in [-0.2, -0.15) is 0 Å². The number of hydrogen-bond donors (Lipinski definition) is 2. The van der Waals surface area contributed by atoms with Gasteiger partial charge in [0.2, 0.25) is 10.0 Å². The second-order valence-corrected chi connectivity index (χ2v) is 6.41. The Labute approximate surface area is 125 Å². The molecule has 1 unspecified atom stereocenters. The number of sulfonamides is 1. The minimum atomic E-state index is -3.59. The van der Waals surface area contributed by atoms with Gasteiger partial charge in [-0.3, -0.25) is 4.79 Å². The SMILES string of the molecule is CCC(O)CCNS(=O)(=O)c1ccc(CC(=O)OC)cc1. The molecule has 0 heterocycles. The average molecular weight is 315 g/mol. The van der Waals surface area contributed by atoms with Crippen molar-refractivity contribution in [3.05, 3.63) is 29.8 Å². The largest absolute Gasteiger partial charge is 0.469 e. The lowest BCUT2D eigenvalue weighted by Gasteiger charge is -2.10. The summed E-state index contributed by atoms with van der Waals surface area (Å²) in [6, 6.07) is 6.03. The molecule has 6 nitrogen and oxygen atoms in total. The summed E-state index contributed by atoms with van der Waals surface area (Å²) in [5.41, 5.74) is 0.683. The van der Waals surface area contributed by atoms with E-state index in [1.165, 1.54) is 19.2 Å². The van der Waals surface area contributed by atoms with E-state index in [2.05, 4.69) is 9.46 Å². The third kappa shape index (κ3) is 5.82. The van der Waals surface area contributed by atoms with Gasteiger partial charge in [0.15, 0.2) is 0 Å². The van der Waals surface area contributed by atoms with Gasteiger partial charge in [-0.05, 0) is 30.5 Å². The summed E-state index contributed by atoms with van der Waals surface area (Å²) in [4.78, 5) is 11.2. The molecule has 0 aromatic heterocycles. The van der Waals surface area contributed by atoms with Crippen LogP contribution in [0.1, 0.15) is 25.3 Å². The Hall–Kier alpha value is -1.44. The molecule has 118 valence electrons. The van der Waals surface area contributed by atoms with Crippen molar-refractivity contribution < 1.29 is 23.1 Å². The fourth-order valence-electron chi connectivity index (χ4n) is 1.67. The average Bonchev–Trinajstić information content (AvgIpc) is 2.47. The zero-order valence-corrected chi connectivity index (χ0v) is 13.0. The zero-order valence-electron chi connectivity index (χ0n) is 12.2. The number of methoxy groups -OCH3 is 1. The molecule has 0 spiro atoms. The number of carbonyl (C=O) groups is 1. The zero-order chi connectivity index (χ0) is 15.9. The van der Waals surface area contributed by atoms with Crippen LogP contribution in [0.25, 0.3) is 0 Å². The highest BCUT2D eigenvalue weighted by Crippen LogP contribution is 2.11. The molecule has 0 fully saturated rings. The molecule has 0 aliphatic rings. The minimum absolute atomic E-state index is 0.104. The summed E-state index contributed by atoms with van der Waals surface area (Å²) in [7, 11) is -2.29. The van der Waals surface area contributed by atoms with Gasteiger partial charge in [0.05, 0.1) is 24.5 Å². The van der Waals surface area contributed by atoms with Crippen LogP contribution in [0.2, 0.25) is 0 Å². The van der Waals surface area contributed by atoms with Crippen LogP contribution >= 0.6 is 0 Å². The molecule has 0 radical (unpaired) electrons. The van der Waals surface area contributed by atoms with Crippen LogP contribution in [0, 0.1) is 0 Å². The number of benzene rings is 1. The molecule has 0 aliphatic carbocycles. The van der Waals surface area contributed by atoms with E-state index in [0.717, 1.165) is 0 Å². The van der Waals surface area contributed by atoms with Crippen molar-refractivity contribution >= 4 is 16.0 Å². The van der Waals surface area contributed by atoms with Gasteiger partial charge in [0, 0.05) is 6.54 Å². The predicted octanol–water partition coefficient (Wildman–Crippen LogP) is 0.841. The molecule has 1 aromatic rings. The summed E-state index contributed by atoms with van der Waals surface area (Å²) in [6.07, 6.45) is 0.558. The number of aliphatic hydroxyl groups is 1. The Morgan fingerprint density at radius 2 is 1.95 bits per heavy atom. The standard InChI is InChI=1S/C14H21NO5S/c1-3-12(16)8-9-15-21(18,19)13-6-4-11(5-7-13)10-14(17)20-2/h4-7,12,15-16H,3,8-10H2,1-2H3. The lowest BCUT2D eigenvalue weighted by atomic mass is 10.2. The molecule has 2 N–H and O–H groups in total. The van der Waals surface area contributed by atoms with Gasteiger partial charge in [0.25, 0.3) is 0 Å². The first-order valence-electron chi connectivity index (χ1n) is 6.72. The Morgan fingerprint density at radius 3 is 2.48 bits per heavy atom. The van der Waals surface area contributed by atoms with Crippen molar-refractivity contribution in [1.29, 1.82) is 0 Å². The van der Waals surface area contributed by atoms with Crippen LogP contribution in [-0.2, 0) is 26.0 Å². The molecular formula is C14H21NO5S. The summed E-state index contributed by atoms with van der Waals surface area (Å²) < 4.78 is 31.0. The van der Waals surface area contributed by atoms with E-state index < -0.39 is 16.1 Å². The number of hydrogen-bond acceptors (Lipinski definition) is 5. The second-order valence-electron chi connectivity index (χ2n) is 4.65. The van der Waals surface area contributed by atoms with Gasteiger partial charge in [-0.1, -0.05) is 19.1 Å². The Bertz CT molecular complexity index is 553. The van der Waals surface area contributed by atoms with Crippen LogP contribution in [0.5, 0.6) is 0 Å². The van der Waals surface area contributed by atoms with Crippen LogP contribution in [0.4, 0.5) is 0 Å². The highest BCUT2D eigenvalue weighted by Gasteiger charge is 2.14. The minimum Gasteiger partial charge on any atom is -0.469 e. The lowest BCUT2D eigenvalue weighted by Crippen LogP contribution is -2.27. The smallest absolute Gasteiger partial charge is 0.309 e. The Kier molecular flexibility index (Phi) is 6.80. The quantitative estimate of drug-likeness (QED) is 0.694. The predicted molar refractivity (Wildman–Crippen MR) is 78.3 cm³/mol. The summed E-state index contributed by atoms with van der Waals surface area (Å²) in [6.45, 7) is 2.01. The van der Waals surface area contributed by atoms with Crippen molar-refractivity contribution in [2.75, 3.05) is 13.7 Å². The maximum atomic E-state index is 12.0. The molecule has 0 saturated heterocycles. The third-order valence-corrected chi connectivity index (χ3v) is 4.53. The monoisotopic (exact) mass is 315 g/mol. The summed E-state index contributed by atoms with van der Waals surface area (Å²) in [5, 5.41) is 9.39. The molecule has 1 aromatic carbocycles. The topological polar surface area (TPSA) is 92.7 Å². The van der Waals surface area contributed by atoms with E-state index >= 15 is 0 Å². The third-order valence-electron chi connectivity index (χ3n) is 3.05. The van der Waals surface area contributed by atoms with Crippen molar-refractivity contribution in [2.45, 2.75) is 37.2 Å². The summed E-state index contributed by atoms with van der Waals surface area (Å²) in [5.74, 6) is -0.378. The molecule has 0 bridgehead atoms. The van der Waals surface area contributed by atoms with Gasteiger partial charge >= 0.3 is 5.97 Å². The maximum Gasteiger partial charge on any atom is 0.309 e. The number of carbonyl (C=O) groups excluding carboxylic acids is 1. The molecule has 0 aliphatic heterocycles. The lowest BCUT2D eigenvalue weighted by molar-refractivity contribution is -0.139. The first-order valence-corrected chi connectivity index (χ1v) is 8.21. The maximum absolute atomic E-state index is 12.0. The molecule has 0 amide bonds. The number of rotatable bonds is 8. The van der Waals surface area contributed by atoms with E-state index in [1.807, 2.05) is 6.92 Å². The van der Waals surface area contributed by atoms with Crippen LogP contribution in [-0.4, -0.2) is 39.3 Å². The van der Waals surface area contributed by atoms with Crippen LogP contribution in [0.15, 0.2) is 29.2 Å². The van der Waals surface area contributed by atoms with Crippen molar-refractivity contribution in [3.8, 4) is 0 Å². The van der Waals surface area contributed by atoms with E-state index in [-0.39, 0.29) is 23.8 Å². The normalized spacial score (nSPS) is 12.9. The molecular weight excluding hydrogens is 294 g/mol. The van der Waals surface area contributed by atoms with Crippen LogP contribution < -0.4 is 4.72 Å². The highest BCUT2D eigenvalue weighted by molar-refractivity contribution is 7.89. The number of aliphatic hydroxyl groups excluding tert-OH is 1. The molecule has 7 heteroatoms. The molecule has 21 heavy (non-hydrogen) atoms. The second kappa shape index (κ2) is 8.11. The van der Waals surface area contributed by atoms with Crippen LogP contribution in [0.3, 0.4) is 0 Å². The van der Waals surface area contributed by atoms with Gasteiger partial charge < -0.3 is 9.84 Å². The molecule has 1 atom stereocenters. The number of esters is 1. The van der Waals surface area contributed by atoms with E-state index in [0.29, 0.717) is 18.4 Å². The number of nitrogens with one attached hydrogen (secondary N) is 1. The number of ether oxygens (including phenoxy) is 1. The van der Waals surface area contributed by atoms with E-state index in [9.17, 15) is 18.3 Å². The Balaban J connectivity index is 2.65. The molecule has 0 saturated carbocycles. The van der Waals surface area contributed by atoms with Crippen molar-refractivity contribution in [2.24, 2.45) is 0 Å². The molecule has 1 rings (SSSR count). The van der Waals surface area contributed by atoms with Gasteiger partial charge in [-0.25, -0.2) is 13.1 Å². The van der Waals surface area contributed by atoms with Crippen molar-refractivity contribution in [3.63, 3.8) is 0 Å². The van der Waals surface area contributed by atoms with Gasteiger partial charge in [-0.15, -0.1) is 0 Å². The van der Waals surface area contributed by atoms with Crippen molar-refractivity contribution in [1.82, 2.24) is 4.72 Å². The van der Waals surface area contributed by atoms with Gasteiger partial charge in [0.1, 0.15) is 0 Å². The van der Waals surface area contributed by atoms with E-state index in [1.54, 1.807) is 12.1 Å². The fourth-order valence-corrected chi connectivity index (χ4v) is 2.72. The highest BCUT2D eigenvalue weighted by atomic mass is 32.2. The Morgan fingerprint density at radius 1 is 1.33 bits per heavy atom. The fraction of sp³-hybridized carbons (Fsp3) is 0.500.